The van der Waals surface area contributed by atoms with E-state index < -0.39 is 0 Å². The van der Waals surface area contributed by atoms with E-state index in [0.29, 0.717) is 35.5 Å². The van der Waals surface area contributed by atoms with Gasteiger partial charge in [-0.1, -0.05) is 23.2 Å². The molecule has 92 valence electrons. The van der Waals surface area contributed by atoms with Gasteiger partial charge in [0.25, 0.3) is 0 Å². The molecule has 0 fully saturated rings. The molecule has 2 N–H and O–H groups in total. The van der Waals surface area contributed by atoms with Crippen molar-refractivity contribution in [3.8, 4) is 5.75 Å². The van der Waals surface area contributed by atoms with Gasteiger partial charge in [-0.3, -0.25) is 0 Å². The van der Waals surface area contributed by atoms with Gasteiger partial charge in [-0.2, -0.15) is 0 Å². The molecule has 3 nitrogen and oxygen atoms in total. The monoisotopic (exact) mass is 285 g/mol. The van der Waals surface area contributed by atoms with E-state index in [-0.39, 0.29) is 19.0 Å². The molecular formula is C10H14Cl3NO2. The van der Waals surface area contributed by atoms with Crippen molar-refractivity contribution in [1.29, 1.82) is 0 Å². The van der Waals surface area contributed by atoms with Crippen LogP contribution in [-0.4, -0.2) is 31.4 Å². The molecule has 0 saturated carbocycles. The van der Waals surface area contributed by atoms with E-state index in [9.17, 15) is 0 Å². The number of ether oxygens (including phenoxy) is 1. The zero-order chi connectivity index (χ0) is 11.1. The summed E-state index contributed by atoms with van der Waals surface area (Å²) in [6, 6.07) is 5.14. The van der Waals surface area contributed by atoms with Crippen LogP contribution < -0.4 is 10.1 Å². The van der Waals surface area contributed by atoms with Crippen LogP contribution >= 0.6 is 35.6 Å². The number of benzene rings is 1. The first-order valence-electron chi connectivity index (χ1n) is 4.63. The van der Waals surface area contributed by atoms with Crippen molar-refractivity contribution in [1.82, 2.24) is 5.32 Å². The fraction of sp³-hybridized carbons (Fsp3) is 0.400. The van der Waals surface area contributed by atoms with Crippen molar-refractivity contribution in [3.05, 3.63) is 28.2 Å². The molecule has 0 bridgehead atoms. The molecule has 1 rings (SSSR count). The average Bonchev–Trinajstić information content (AvgIpc) is 2.23. The number of hydrogen-bond acceptors (Lipinski definition) is 3. The van der Waals surface area contributed by atoms with Crippen LogP contribution in [0.3, 0.4) is 0 Å². The second kappa shape index (κ2) is 8.90. The first-order chi connectivity index (χ1) is 7.24. The zero-order valence-electron chi connectivity index (χ0n) is 8.58. The molecule has 0 atom stereocenters. The van der Waals surface area contributed by atoms with E-state index in [2.05, 4.69) is 5.32 Å². The topological polar surface area (TPSA) is 41.5 Å². The normalized spacial score (nSPS) is 9.69. The summed E-state index contributed by atoms with van der Waals surface area (Å²) in [7, 11) is 0. The van der Waals surface area contributed by atoms with E-state index in [1.165, 1.54) is 0 Å². The molecule has 0 amide bonds. The van der Waals surface area contributed by atoms with E-state index in [1.807, 2.05) is 0 Å². The van der Waals surface area contributed by atoms with Crippen molar-refractivity contribution >= 4 is 35.6 Å². The average molecular weight is 287 g/mol. The quantitative estimate of drug-likeness (QED) is 0.789. The minimum atomic E-state index is 0. The molecule has 1 aromatic rings. The zero-order valence-corrected chi connectivity index (χ0v) is 10.9. The Balaban J connectivity index is 0.00000225. The van der Waals surface area contributed by atoms with Crippen LogP contribution in [0.1, 0.15) is 0 Å². The van der Waals surface area contributed by atoms with Gasteiger partial charge in [0.2, 0.25) is 0 Å². The van der Waals surface area contributed by atoms with E-state index >= 15 is 0 Å². The fourth-order valence-corrected chi connectivity index (χ4v) is 1.30. The number of halogens is 3. The van der Waals surface area contributed by atoms with Crippen molar-refractivity contribution in [2.24, 2.45) is 0 Å². The van der Waals surface area contributed by atoms with E-state index in [0.717, 1.165) is 0 Å². The Kier molecular flexibility index (Phi) is 8.80. The molecule has 0 aliphatic heterocycles. The van der Waals surface area contributed by atoms with Gasteiger partial charge >= 0.3 is 0 Å². The summed E-state index contributed by atoms with van der Waals surface area (Å²) in [5.41, 5.74) is 0. The maximum atomic E-state index is 8.51. The van der Waals surface area contributed by atoms with E-state index in [1.54, 1.807) is 18.2 Å². The highest BCUT2D eigenvalue weighted by atomic mass is 35.5. The molecule has 1 aromatic carbocycles. The summed E-state index contributed by atoms with van der Waals surface area (Å²) in [4.78, 5) is 0. The van der Waals surface area contributed by atoms with Gasteiger partial charge in [0.15, 0.2) is 0 Å². The Morgan fingerprint density at radius 3 is 2.56 bits per heavy atom. The number of aliphatic hydroxyl groups is 1. The first-order valence-corrected chi connectivity index (χ1v) is 5.39. The molecule has 6 heteroatoms. The lowest BCUT2D eigenvalue weighted by molar-refractivity contribution is 0.276. The Morgan fingerprint density at radius 1 is 1.19 bits per heavy atom. The van der Waals surface area contributed by atoms with Crippen LogP contribution in [0.15, 0.2) is 18.2 Å². The third-order valence-corrected chi connectivity index (χ3v) is 2.47. The summed E-state index contributed by atoms with van der Waals surface area (Å²) in [5, 5.41) is 12.5. The summed E-state index contributed by atoms with van der Waals surface area (Å²) >= 11 is 11.6. The highest BCUT2D eigenvalue weighted by Crippen LogP contribution is 2.26. The molecule has 0 aromatic heterocycles. The highest BCUT2D eigenvalue weighted by Gasteiger charge is 1.99. The van der Waals surface area contributed by atoms with Crippen LogP contribution in [0.5, 0.6) is 5.75 Å². The van der Waals surface area contributed by atoms with Gasteiger partial charge < -0.3 is 15.2 Å². The van der Waals surface area contributed by atoms with Crippen LogP contribution in [0.25, 0.3) is 0 Å². The van der Waals surface area contributed by atoms with Crippen molar-refractivity contribution < 1.29 is 9.84 Å². The van der Waals surface area contributed by atoms with Gasteiger partial charge in [-0.15, -0.1) is 12.4 Å². The van der Waals surface area contributed by atoms with Gasteiger partial charge in [-0.25, -0.2) is 0 Å². The Labute approximate surface area is 111 Å². The lowest BCUT2D eigenvalue weighted by Gasteiger charge is -2.07. The standard InChI is InChI=1S/C10H13Cl2NO2.ClH/c11-9-2-1-8(7-10(9)12)15-6-4-13-3-5-14;/h1-2,7,13-14H,3-6H2;1H. The van der Waals surface area contributed by atoms with Gasteiger partial charge in [0.1, 0.15) is 12.4 Å². The number of rotatable bonds is 6. The van der Waals surface area contributed by atoms with Gasteiger partial charge in [-0.05, 0) is 12.1 Å². The largest absolute Gasteiger partial charge is 0.492 e. The Bertz CT molecular complexity index is 310. The van der Waals surface area contributed by atoms with Gasteiger partial charge in [0.05, 0.1) is 16.7 Å². The molecule has 0 spiro atoms. The van der Waals surface area contributed by atoms with Crippen LogP contribution in [0, 0.1) is 0 Å². The number of aliphatic hydroxyl groups excluding tert-OH is 1. The second-order valence-electron chi connectivity index (χ2n) is 2.90. The molecule has 0 saturated heterocycles. The molecule has 0 aliphatic rings. The highest BCUT2D eigenvalue weighted by molar-refractivity contribution is 6.42. The number of hydrogen-bond donors (Lipinski definition) is 2. The Hall–Kier alpha value is -0.190. The molecule has 0 unspecified atom stereocenters. The lowest BCUT2D eigenvalue weighted by Crippen LogP contribution is -2.23. The maximum Gasteiger partial charge on any atom is 0.120 e. The van der Waals surface area contributed by atoms with E-state index in [4.69, 9.17) is 33.0 Å². The van der Waals surface area contributed by atoms with Crippen molar-refractivity contribution in [3.63, 3.8) is 0 Å². The molecule has 0 aliphatic carbocycles. The third-order valence-electron chi connectivity index (χ3n) is 1.73. The van der Waals surface area contributed by atoms with Crippen molar-refractivity contribution in [2.45, 2.75) is 0 Å². The molecular weight excluding hydrogens is 272 g/mol. The van der Waals surface area contributed by atoms with Crippen LogP contribution in [0.2, 0.25) is 10.0 Å². The summed E-state index contributed by atoms with van der Waals surface area (Å²) in [5.74, 6) is 0.690. The minimum Gasteiger partial charge on any atom is -0.492 e. The molecule has 0 radical (unpaired) electrons. The summed E-state index contributed by atoms with van der Waals surface area (Å²) < 4.78 is 5.40. The third kappa shape index (κ3) is 5.77. The molecule has 16 heavy (non-hydrogen) atoms. The SMILES string of the molecule is Cl.OCCNCCOc1ccc(Cl)c(Cl)c1. The van der Waals surface area contributed by atoms with Crippen molar-refractivity contribution in [2.75, 3.05) is 26.3 Å². The maximum absolute atomic E-state index is 8.51. The first kappa shape index (κ1) is 15.8. The second-order valence-corrected chi connectivity index (χ2v) is 3.71. The summed E-state index contributed by atoms with van der Waals surface area (Å²) in [6.45, 7) is 1.91. The predicted molar refractivity (Wildman–Crippen MR) is 69.2 cm³/mol. The number of nitrogens with one attached hydrogen (secondary N) is 1. The fourth-order valence-electron chi connectivity index (χ4n) is 1.01. The minimum absolute atomic E-state index is 0. The lowest BCUT2D eigenvalue weighted by atomic mass is 10.3. The summed E-state index contributed by atoms with van der Waals surface area (Å²) in [6.07, 6.45) is 0. The predicted octanol–water partition coefficient (Wildman–Crippen LogP) is 2.38. The molecule has 0 heterocycles. The van der Waals surface area contributed by atoms with Crippen LogP contribution in [0.4, 0.5) is 0 Å². The smallest absolute Gasteiger partial charge is 0.120 e. The van der Waals surface area contributed by atoms with Crippen LogP contribution in [-0.2, 0) is 0 Å². The Morgan fingerprint density at radius 2 is 1.94 bits per heavy atom. The van der Waals surface area contributed by atoms with Gasteiger partial charge in [0, 0.05) is 19.2 Å².